The first-order valence-corrected chi connectivity index (χ1v) is 10.9. The second kappa shape index (κ2) is 14.8. The molecule has 0 amide bonds. The molecule has 6 heteroatoms. The van der Waals surface area contributed by atoms with E-state index in [0.29, 0.717) is 11.1 Å². The fourth-order valence-electron chi connectivity index (χ4n) is 4.28. The number of carboxylic acids is 2. The van der Waals surface area contributed by atoms with E-state index in [1.165, 1.54) is 51.4 Å². The van der Waals surface area contributed by atoms with Crippen molar-refractivity contribution >= 4 is 11.9 Å². The molecule has 0 heterocycles. The summed E-state index contributed by atoms with van der Waals surface area (Å²) in [6.45, 7) is 0. The summed E-state index contributed by atoms with van der Waals surface area (Å²) < 4.78 is 0. The van der Waals surface area contributed by atoms with Gasteiger partial charge in [0.2, 0.25) is 0 Å². The van der Waals surface area contributed by atoms with Crippen LogP contribution in [0.25, 0.3) is 0 Å². The maximum Gasteiger partial charge on any atom is 2.00 e. The number of hydrogen-bond acceptors (Lipinski definition) is 2. The van der Waals surface area contributed by atoms with E-state index in [1.54, 1.807) is 83.0 Å². The van der Waals surface area contributed by atoms with Crippen LogP contribution in [0.15, 0.2) is 83.0 Å². The van der Waals surface area contributed by atoms with Crippen LogP contribution in [-0.4, -0.2) is 22.2 Å². The first-order chi connectivity index (χ1) is 15.1. The van der Waals surface area contributed by atoms with Gasteiger partial charge in [-0.2, -0.15) is 5.57 Å². The van der Waals surface area contributed by atoms with Gasteiger partial charge in [0.05, 0.1) is 11.1 Å². The van der Waals surface area contributed by atoms with Crippen molar-refractivity contribution in [3.8, 4) is 0 Å². The number of allylic oxidation sites excluding steroid dienone is 4. The zero-order valence-electron chi connectivity index (χ0n) is 18.6. The number of fused-ring (bicyclic) bond motifs is 1. The van der Waals surface area contributed by atoms with Crippen molar-refractivity contribution in [2.75, 3.05) is 0 Å². The number of hydrogen-bond donors (Lipinski definition) is 2. The van der Waals surface area contributed by atoms with Crippen LogP contribution in [0.5, 0.6) is 0 Å². The van der Waals surface area contributed by atoms with Crippen LogP contribution in [0, 0.1) is 6.42 Å². The molecule has 0 atom stereocenters. The summed E-state index contributed by atoms with van der Waals surface area (Å²) in [5.41, 5.74) is 7.72. The summed E-state index contributed by atoms with van der Waals surface area (Å²) in [5, 5.41) is 16.8. The fourth-order valence-corrected chi connectivity index (χ4v) is 4.28. The van der Waals surface area contributed by atoms with E-state index in [4.69, 9.17) is 10.2 Å². The number of aromatic carboxylic acids is 2. The molecule has 0 bridgehead atoms. The molecule has 33 heavy (non-hydrogen) atoms. The van der Waals surface area contributed by atoms with Gasteiger partial charge in [0.1, 0.15) is 0 Å². The molecular weight excluding hydrogens is 472 g/mol. The molecular formula is C27H29ClO4Ti. The second-order valence-electron chi connectivity index (χ2n) is 7.91. The molecule has 172 valence electrons. The van der Waals surface area contributed by atoms with Crippen molar-refractivity contribution in [1.29, 1.82) is 0 Å². The van der Waals surface area contributed by atoms with Gasteiger partial charge in [-0.25, -0.2) is 21.6 Å². The second-order valence-corrected chi connectivity index (χ2v) is 7.91. The van der Waals surface area contributed by atoms with Gasteiger partial charge in [0, 0.05) is 0 Å². The van der Waals surface area contributed by atoms with Gasteiger partial charge in [-0.05, 0) is 49.9 Å². The van der Waals surface area contributed by atoms with Crippen molar-refractivity contribution in [3.05, 3.63) is 101 Å². The predicted molar refractivity (Wildman–Crippen MR) is 122 cm³/mol. The molecule has 2 N–H and O–H groups in total. The first-order valence-electron chi connectivity index (χ1n) is 10.9. The van der Waals surface area contributed by atoms with Gasteiger partial charge in [0.25, 0.3) is 0 Å². The predicted octanol–water partition coefficient (Wildman–Crippen LogP) is 3.72. The Morgan fingerprint density at radius 1 is 0.697 bits per heavy atom. The van der Waals surface area contributed by atoms with Crippen molar-refractivity contribution < 1.29 is 53.9 Å². The minimum Gasteiger partial charge on any atom is -1.00 e. The van der Waals surface area contributed by atoms with Crippen LogP contribution in [-0.2, 0) is 21.7 Å². The minimum absolute atomic E-state index is 0. The number of carboxylic acid groups (broad SMARTS) is 2. The van der Waals surface area contributed by atoms with Gasteiger partial charge >= 0.3 is 33.7 Å². The summed E-state index contributed by atoms with van der Waals surface area (Å²) >= 11 is 0. The Balaban J connectivity index is 0.000000247. The average Bonchev–Trinajstić information content (AvgIpc) is 3.20. The van der Waals surface area contributed by atoms with E-state index < -0.39 is 11.9 Å². The van der Waals surface area contributed by atoms with Crippen LogP contribution in [0.1, 0.15) is 72.1 Å². The average molecular weight is 501 g/mol. The Morgan fingerprint density at radius 2 is 1.18 bits per heavy atom. The van der Waals surface area contributed by atoms with Crippen LogP contribution >= 0.6 is 0 Å². The number of benzene rings is 2. The van der Waals surface area contributed by atoms with Gasteiger partial charge < -0.3 is 22.6 Å². The van der Waals surface area contributed by atoms with E-state index in [2.05, 4.69) is 6.42 Å². The third kappa shape index (κ3) is 8.55. The van der Waals surface area contributed by atoms with Crippen LogP contribution in [0.3, 0.4) is 0 Å². The maximum atomic E-state index is 10.2. The number of carbonyl (C=O) groups is 2. The molecule has 3 aliphatic carbocycles. The SMILES string of the molecule is O=C(O)c1ccccc1.O=C(O)c1ccccc1.[CH-]1CCCC2=C1CC1=C2CCCC1.[Cl-].[Ti+2]. The van der Waals surface area contributed by atoms with Crippen molar-refractivity contribution in [1.82, 2.24) is 0 Å². The van der Waals surface area contributed by atoms with Crippen molar-refractivity contribution in [2.45, 2.75) is 51.4 Å². The molecule has 0 saturated carbocycles. The van der Waals surface area contributed by atoms with E-state index in [0.717, 1.165) is 0 Å². The zero-order valence-corrected chi connectivity index (χ0v) is 20.9. The molecule has 0 saturated heterocycles. The minimum atomic E-state index is -0.879. The molecule has 2 aromatic rings. The number of rotatable bonds is 2. The normalized spacial score (nSPS) is 15.5. The Kier molecular flexibility index (Phi) is 12.9. The zero-order chi connectivity index (χ0) is 22.1. The third-order valence-electron chi connectivity index (χ3n) is 5.80. The fraction of sp³-hybridized carbons (Fsp3) is 0.296. The summed E-state index contributed by atoms with van der Waals surface area (Å²) in [7, 11) is 0. The maximum absolute atomic E-state index is 10.2. The summed E-state index contributed by atoms with van der Waals surface area (Å²) in [6, 6.07) is 16.6. The Morgan fingerprint density at radius 3 is 1.67 bits per heavy atom. The molecule has 3 aliphatic rings. The summed E-state index contributed by atoms with van der Waals surface area (Å²) in [4.78, 5) is 20.4. The molecule has 2 aromatic carbocycles. The van der Waals surface area contributed by atoms with Crippen LogP contribution < -0.4 is 12.4 Å². The third-order valence-corrected chi connectivity index (χ3v) is 5.80. The standard InChI is InChI=1S/C13H17.2C7H6O2.ClH.Ti/c1-3-7-12-10(5-1)9-11-6-2-4-8-13(11)12;2*8-7(9)6-4-2-1-3-5-6;;/h5H,1-4,6-9H2;2*1-5H,(H,8,9);1H;/q-1;;;;+2/p-1. The number of halogens is 1. The Bertz CT molecular complexity index is 889. The Labute approximate surface area is 217 Å². The summed E-state index contributed by atoms with van der Waals surface area (Å²) in [5.74, 6) is -1.76. The molecule has 5 rings (SSSR count). The van der Waals surface area contributed by atoms with E-state index in [1.807, 2.05) is 0 Å². The monoisotopic (exact) mass is 500 g/mol. The molecule has 0 aromatic heterocycles. The van der Waals surface area contributed by atoms with E-state index >= 15 is 0 Å². The molecule has 0 radical (unpaired) electrons. The van der Waals surface area contributed by atoms with E-state index in [9.17, 15) is 9.59 Å². The van der Waals surface area contributed by atoms with Crippen LogP contribution in [0.4, 0.5) is 0 Å². The largest absolute Gasteiger partial charge is 2.00 e. The summed E-state index contributed by atoms with van der Waals surface area (Å²) in [6.07, 6.45) is 13.6. The quantitative estimate of drug-likeness (QED) is 0.487. The molecule has 4 nitrogen and oxygen atoms in total. The molecule has 0 aliphatic heterocycles. The van der Waals surface area contributed by atoms with Crippen molar-refractivity contribution in [2.24, 2.45) is 0 Å². The van der Waals surface area contributed by atoms with Crippen molar-refractivity contribution in [3.63, 3.8) is 0 Å². The first kappa shape index (κ1) is 28.8. The van der Waals surface area contributed by atoms with Gasteiger partial charge in [-0.1, -0.05) is 61.2 Å². The van der Waals surface area contributed by atoms with Gasteiger partial charge in [0.15, 0.2) is 0 Å². The van der Waals surface area contributed by atoms with Crippen LogP contribution in [0.2, 0.25) is 0 Å². The topological polar surface area (TPSA) is 74.6 Å². The van der Waals surface area contributed by atoms with Gasteiger partial charge in [-0.3, -0.25) is 0 Å². The van der Waals surface area contributed by atoms with Gasteiger partial charge in [-0.15, -0.1) is 12.0 Å². The van der Waals surface area contributed by atoms with E-state index in [-0.39, 0.29) is 34.1 Å². The molecule has 0 spiro atoms. The molecule has 0 fully saturated rings. The smallest absolute Gasteiger partial charge is 1.00 e. The molecule has 0 unspecified atom stereocenters. The Hall–Kier alpha value is -2.27.